The van der Waals surface area contributed by atoms with Crippen LogP contribution in [0.15, 0.2) is 30.5 Å². The van der Waals surface area contributed by atoms with E-state index < -0.39 is 6.10 Å². The Labute approximate surface area is 191 Å². The first-order valence-electron chi connectivity index (χ1n) is 10.5. The maximum atomic E-state index is 12.5. The van der Waals surface area contributed by atoms with Gasteiger partial charge < -0.3 is 20.3 Å². The summed E-state index contributed by atoms with van der Waals surface area (Å²) in [6.45, 7) is 3.68. The molecule has 1 amide bonds. The molecule has 1 saturated carbocycles. The van der Waals surface area contributed by atoms with Crippen molar-refractivity contribution in [2.24, 2.45) is 18.9 Å². The number of anilines is 1. The lowest BCUT2D eigenvalue weighted by Gasteiger charge is -2.35. The number of amides is 1. The number of likely N-dealkylation sites (tertiary alicyclic amines) is 1. The summed E-state index contributed by atoms with van der Waals surface area (Å²) in [4.78, 5) is 23.0. The van der Waals surface area contributed by atoms with E-state index in [1.54, 1.807) is 23.0 Å². The van der Waals surface area contributed by atoms with Crippen molar-refractivity contribution in [1.82, 2.24) is 14.7 Å². The summed E-state index contributed by atoms with van der Waals surface area (Å²) in [6.07, 6.45) is 2.38. The van der Waals surface area contributed by atoms with Gasteiger partial charge in [-0.2, -0.15) is 5.10 Å². The molecule has 2 aliphatic rings. The number of aliphatic hydroxyl groups excluding tert-OH is 1. The molecule has 0 radical (unpaired) electrons. The largest absolute Gasteiger partial charge is 0.488 e. The fourth-order valence-electron chi connectivity index (χ4n) is 4.47. The number of hydrogen-bond acceptors (Lipinski definition) is 6. The van der Waals surface area contributed by atoms with Crippen molar-refractivity contribution in [2.45, 2.75) is 32.0 Å². The molecule has 174 valence electrons. The number of aryl methyl sites for hydroxylation is 1. The average molecular weight is 465 g/mol. The number of halogens is 1. The van der Waals surface area contributed by atoms with E-state index in [1.807, 2.05) is 26.1 Å². The minimum atomic E-state index is -0.512. The molecule has 2 fully saturated rings. The van der Waals surface area contributed by atoms with Crippen molar-refractivity contribution in [3.63, 3.8) is 0 Å². The number of carbonyl (C=O) groups excluding carboxylic acids is 1. The Kier molecular flexibility index (Phi) is 8.11. The van der Waals surface area contributed by atoms with Gasteiger partial charge in [0.25, 0.3) is 6.47 Å². The molecule has 3 N–H and O–H groups in total. The Bertz CT molecular complexity index is 937. The van der Waals surface area contributed by atoms with Crippen molar-refractivity contribution in [3.05, 3.63) is 41.2 Å². The van der Waals surface area contributed by atoms with Gasteiger partial charge in [0.05, 0.1) is 30.2 Å². The highest BCUT2D eigenvalue weighted by atomic mass is 35.5. The molecule has 0 bridgehead atoms. The highest BCUT2D eigenvalue weighted by Crippen LogP contribution is 2.38. The number of carboxylic acid groups (broad SMARTS) is 1. The zero-order chi connectivity index (χ0) is 23.3. The van der Waals surface area contributed by atoms with Crippen LogP contribution in [-0.2, 0) is 16.6 Å². The summed E-state index contributed by atoms with van der Waals surface area (Å²) < 4.78 is 7.76. The van der Waals surface area contributed by atoms with Gasteiger partial charge in [0, 0.05) is 25.2 Å². The van der Waals surface area contributed by atoms with Crippen LogP contribution in [0.4, 0.5) is 5.69 Å². The van der Waals surface area contributed by atoms with Crippen molar-refractivity contribution in [1.29, 1.82) is 0 Å². The number of benzene rings is 1. The second-order valence-corrected chi connectivity index (χ2v) is 8.72. The Hall–Kier alpha value is -2.62. The summed E-state index contributed by atoms with van der Waals surface area (Å²) in [5, 5.41) is 25.2. The second-order valence-electron chi connectivity index (χ2n) is 8.29. The highest BCUT2D eigenvalue weighted by molar-refractivity contribution is 6.30. The summed E-state index contributed by atoms with van der Waals surface area (Å²) in [6, 6.07) is 7.27. The van der Waals surface area contributed by atoms with Crippen molar-refractivity contribution in [3.8, 4) is 5.75 Å². The van der Waals surface area contributed by atoms with Crippen LogP contribution in [0.5, 0.6) is 5.75 Å². The first kappa shape index (κ1) is 24.0. The van der Waals surface area contributed by atoms with Crippen LogP contribution in [0.2, 0.25) is 5.02 Å². The molecule has 0 unspecified atom stereocenters. The number of aromatic nitrogens is 2. The van der Waals surface area contributed by atoms with Gasteiger partial charge in [0.2, 0.25) is 5.91 Å². The first-order valence-corrected chi connectivity index (χ1v) is 10.9. The van der Waals surface area contributed by atoms with Crippen LogP contribution in [0.3, 0.4) is 0 Å². The van der Waals surface area contributed by atoms with E-state index in [-0.39, 0.29) is 18.5 Å². The highest BCUT2D eigenvalue weighted by Gasteiger charge is 2.43. The fraction of sp³-hybridized carbons (Fsp3) is 0.500. The van der Waals surface area contributed by atoms with Crippen LogP contribution < -0.4 is 10.1 Å². The van der Waals surface area contributed by atoms with E-state index in [9.17, 15) is 9.90 Å². The van der Waals surface area contributed by atoms with Gasteiger partial charge in [0.15, 0.2) is 0 Å². The summed E-state index contributed by atoms with van der Waals surface area (Å²) >= 11 is 6.03. The number of nitrogens with one attached hydrogen (secondary N) is 1. The predicted molar refractivity (Wildman–Crippen MR) is 120 cm³/mol. The van der Waals surface area contributed by atoms with Crippen LogP contribution >= 0.6 is 11.6 Å². The number of ether oxygens (including phenoxy) is 1. The first-order chi connectivity index (χ1) is 15.3. The SMILES string of the molecule is Cc1c(NC(=O)CN2C[C@H]3C[C@@H](Oc4cccc(Cl)c4)[C@H](O)C[C@H]3C2)cnn1C.O=CO. The third kappa shape index (κ3) is 5.99. The van der Waals surface area contributed by atoms with Gasteiger partial charge in [-0.1, -0.05) is 17.7 Å². The molecule has 9 nitrogen and oxygen atoms in total. The maximum absolute atomic E-state index is 12.5. The maximum Gasteiger partial charge on any atom is 0.290 e. The third-order valence-electron chi connectivity index (χ3n) is 6.12. The molecule has 2 aromatic rings. The molecule has 10 heteroatoms. The van der Waals surface area contributed by atoms with E-state index >= 15 is 0 Å². The Balaban J connectivity index is 0.000000913. The Morgan fingerprint density at radius 1 is 1.34 bits per heavy atom. The number of hydrogen-bond donors (Lipinski definition) is 3. The molecule has 0 spiro atoms. The molecule has 4 rings (SSSR count). The fourth-order valence-corrected chi connectivity index (χ4v) is 4.65. The molecule has 32 heavy (non-hydrogen) atoms. The molecule has 1 saturated heterocycles. The van der Waals surface area contributed by atoms with Crippen molar-refractivity contribution in [2.75, 3.05) is 25.0 Å². The van der Waals surface area contributed by atoms with Gasteiger partial charge in [-0.3, -0.25) is 19.2 Å². The van der Waals surface area contributed by atoms with Crippen LogP contribution in [0.1, 0.15) is 18.5 Å². The van der Waals surface area contributed by atoms with E-state index in [2.05, 4.69) is 15.3 Å². The number of aliphatic hydroxyl groups is 1. The normalized spacial score (nSPS) is 24.8. The number of rotatable bonds is 5. The van der Waals surface area contributed by atoms with Crippen LogP contribution in [0, 0.1) is 18.8 Å². The van der Waals surface area contributed by atoms with Gasteiger partial charge in [-0.25, -0.2) is 0 Å². The van der Waals surface area contributed by atoms with Crippen LogP contribution in [0.25, 0.3) is 0 Å². The van der Waals surface area contributed by atoms with E-state index in [0.717, 1.165) is 30.9 Å². The van der Waals surface area contributed by atoms with E-state index in [4.69, 9.17) is 26.2 Å². The van der Waals surface area contributed by atoms with Crippen LogP contribution in [-0.4, -0.2) is 69.1 Å². The minimum absolute atomic E-state index is 0.0352. The van der Waals surface area contributed by atoms with E-state index in [1.165, 1.54) is 0 Å². The lowest BCUT2D eigenvalue weighted by molar-refractivity contribution is -0.123. The standard InChI is InChI=1S/C21H27ClN4O3.CH2O2/c1-13-18(9-23-25(13)2)24-21(28)12-26-10-14-6-19(27)20(7-15(14)11-26)29-17-5-3-4-16(22)8-17;2-1-3/h3-5,8-9,14-15,19-20,27H,6-7,10-12H2,1-2H3,(H,24,28);1H,(H,2,3)/t14-,15+,19+,20+;/m0./s1. The zero-order valence-corrected chi connectivity index (χ0v) is 18.9. The van der Waals surface area contributed by atoms with Gasteiger partial charge >= 0.3 is 0 Å². The topological polar surface area (TPSA) is 117 Å². The van der Waals surface area contributed by atoms with Gasteiger partial charge in [0.1, 0.15) is 11.9 Å². The molecule has 2 heterocycles. The smallest absolute Gasteiger partial charge is 0.290 e. The van der Waals surface area contributed by atoms with Gasteiger partial charge in [-0.05, 0) is 49.8 Å². The molecular weight excluding hydrogens is 436 g/mol. The molecule has 1 aliphatic heterocycles. The summed E-state index contributed by atoms with van der Waals surface area (Å²) in [5.41, 5.74) is 1.68. The summed E-state index contributed by atoms with van der Waals surface area (Å²) in [5.74, 6) is 1.45. The molecule has 1 aliphatic carbocycles. The average Bonchev–Trinajstić information content (AvgIpc) is 3.25. The lowest BCUT2D eigenvalue weighted by atomic mass is 9.78. The number of nitrogens with zero attached hydrogens (tertiary/aromatic N) is 3. The minimum Gasteiger partial charge on any atom is -0.488 e. The molecular formula is C22H29ClN4O5. The number of fused-ring (bicyclic) bond motifs is 1. The second kappa shape index (κ2) is 10.8. The predicted octanol–water partition coefficient (Wildman–Crippen LogP) is 2.17. The Morgan fingerprint density at radius 2 is 2.03 bits per heavy atom. The molecule has 1 aromatic heterocycles. The Morgan fingerprint density at radius 3 is 2.66 bits per heavy atom. The zero-order valence-electron chi connectivity index (χ0n) is 18.1. The number of carbonyl (C=O) groups is 2. The lowest BCUT2D eigenvalue weighted by Crippen LogP contribution is -2.42. The van der Waals surface area contributed by atoms with Crippen molar-refractivity contribution < 1.29 is 24.5 Å². The molecule has 4 atom stereocenters. The molecule has 1 aromatic carbocycles. The van der Waals surface area contributed by atoms with E-state index in [0.29, 0.717) is 35.6 Å². The third-order valence-corrected chi connectivity index (χ3v) is 6.36. The van der Waals surface area contributed by atoms with Crippen molar-refractivity contribution >= 4 is 29.7 Å². The quantitative estimate of drug-likeness (QED) is 0.580. The monoisotopic (exact) mass is 464 g/mol. The van der Waals surface area contributed by atoms with Gasteiger partial charge in [-0.15, -0.1) is 0 Å². The summed E-state index contributed by atoms with van der Waals surface area (Å²) in [7, 11) is 1.85.